The van der Waals surface area contributed by atoms with Crippen LogP contribution in [0.1, 0.15) is 11.1 Å². The maximum absolute atomic E-state index is 10.9. The normalized spacial score (nSPS) is 10.7. The Morgan fingerprint density at radius 3 is 1.90 bits per heavy atom. The zero-order chi connectivity index (χ0) is 15.0. The van der Waals surface area contributed by atoms with Crippen LogP contribution >= 0.6 is 0 Å². The standard InChI is InChI=1S/C17H17NO3/c1-20-12-13-21-17(14-18-19,15-8-4-2-5-9-15)16-10-6-3-7-11-16/h2-11H,12-13H2,1H3. The molecular weight excluding hydrogens is 266 g/mol. The molecule has 21 heavy (non-hydrogen) atoms. The van der Waals surface area contributed by atoms with E-state index >= 15 is 0 Å². The van der Waals surface area contributed by atoms with Crippen molar-refractivity contribution >= 4 is 0 Å². The highest BCUT2D eigenvalue weighted by molar-refractivity contribution is 5.43. The largest absolute Gasteiger partial charge is 0.498 e. The summed E-state index contributed by atoms with van der Waals surface area (Å²) in [5.74, 6) is 0. The number of hydrogen-bond donors (Lipinski definition) is 0. The van der Waals surface area contributed by atoms with E-state index in [4.69, 9.17) is 9.47 Å². The molecular formula is C17H17NO3. The molecule has 0 spiro atoms. The molecule has 0 aliphatic rings. The molecule has 0 saturated heterocycles. The number of hydrogen-bond acceptors (Lipinski definition) is 3. The molecule has 0 saturated carbocycles. The molecule has 2 aromatic rings. The fraction of sp³-hybridized carbons (Fsp3) is 0.235. The molecule has 0 bridgehead atoms. The predicted octanol–water partition coefficient (Wildman–Crippen LogP) is 3.42. The first-order chi connectivity index (χ1) is 10.3. The van der Waals surface area contributed by atoms with Crippen molar-refractivity contribution in [3.63, 3.8) is 0 Å². The van der Waals surface area contributed by atoms with E-state index in [-0.39, 0.29) is 0 Å². The van der Waals surface area contributed by atoms with Crippen LogP contribution in [0, 0.1) is 11.3 Å². The number of methoxy groups -OCH3 is 1. The summed E-state index contributed by atoms with van der Waals surface area (Å²) in [5.41, 5.74) is 0.474. The molecule has 108 valence electrons. The zero-order valence-corrected chi connectivity index (χ0v) is 11.9. The van der Waals surface area contributed by atoms with E-state index in [9.17, 15) is 5.21 Å². The second-order valence-electron chi connectivity index (χ2n) is 4.46. The highest BCUT2D eigenvalue weighted by Crippen LogP contribution is 2.33. The average molecular weight is 283 g/mol. The summed E-state index contributed by atoms with van der Waals surface area (Å²) < 4.78 is 11.0. The molecule has 2 rings (SSSR count). The van der Waals surface area contributed by atoms with E-state index in [1.54, 1.807) is 7.11 Å². The predicted molar refractivity (Wildman–Crippen MR) is 82.1 cm³/mol. The van der Waals surface area contributed by atoms with E-state index in [1.165, 1.54) is 0 Å². The van der Waals surface area contributed by atoms with E-state index in [0.717, 1.165) is 11.1 Å². The summed E-state index contributed by atoms with van der Waals surface area (Å²) in [6, 6.07) is 21.5. The molecule has 4 nitrogen and oxygen atoms in total. The van der Waals surface area contributed by atoms with Gasteiger partial charge in [-0.1, -0.05) is 60.7 Å². The van der Waals surface area contributed by atoms with Crippen LogP contribution in [-0.4, -0.2) is 20.3 Å². The molecule has 4 heteroatoms. The van der Waals surface area contributed by atoms with Gasteiger partial charge in [-0.2, -0.15) is 0 Å². The van der Waals surface area contributed by atoms with Crippen LogP contribution in [0.5, 0.6) is 0 Å². The fourth-order valence-corrected chi connectivity index (χ4v) is 2.18. The first-order valence-electron chi connectivity index (χ1n) is 6.67. The Balaban J connectivity index is 2.51. The summed E-state index contributed by atoms with van der Waals surface area (Å²) in [7, 11) is 1.60. The van der Waals surface area contributed by atoms with E-state index in [1.807, 2.05) is 60.7 Å². The second-order valence-corrected chi connectivity index (χ2v) is 4.46. The van der Waals surface area contributed by atoms with E-state index < -0.39 is 5.60 Å². The Hall–Kier alpha value is -2.35. The molecule has 0 fully saturated rings. The van der Waals surface area contributed by atoms with Crippen LogP contribution in [0.25, 0.3) is 5.01 Å². The molecule has 0 amide bonds. The molecule has 2 aromatic carbocycles. The molecule has 0 unspecified atom stereocenters. The maximum Gasteiger partial charge on any atom is 0.344 e. The van der Waals surface area contributed by atoms with Gasteiger partial charge in [-0.05, 0) is 0 Å². The van der Waals surface area contributed by atoms with E-state index in [0.29, 0.717) is 13.2 Å². The lowest BCUT2D eigenvalue weighted by atomic mass is 9.87. The SMILES string of the molecule is COCCOC(C#[N+][O-])(c1ccccc1)c1ccccc1. The number of rotatable bonds is 6. The third kappa shape index (κ3) is 3.40. The van der Waals surface area contributed by atoms with Crippen molar-refractivity contribution in [2.45, 2.75) is 5.60 Å². The monoisotopic (exact) mass is 283 g/mol. The van der Waals surface area contributed by atoms with Crippen molar-refractivity contribution in [1.29, 1.82) is 0 Å². The van der Waals surface area contributed by atoms with Gasteiger partial charge < -0.3 is 14.7 Å². The van der Waals surface area contributed by atoms with Gasteiger partial charge in [0.25, 0.3) is 5.60 Å². The maximum atomic E-state index is 10.9. The van der Waals surface area contributed by atoms with Gasteiger partial charge in [-0.25, -0.2) is 0 Å². The number of benzene rings is 2. The van der Waals surface area contributed by atoms with Crippen LogP contribution in [0.3, 0.4) is 0 Å². The molecule has 0 atom stereocenters. The summed E-state index contributed by atoms with van der Waals surface area (Å²) in [6.45, 7) is 0.741. The van der Waals surface area contributed by atoms with Gasteiger partial charge in [0.15, 0.2) is 0 Å². The smallest absolute Gasteiger partial charge is 0.344 e. The quantitative estimate of drug-likeness (QED) is 0.602. The Bertz CT molecular complexity index is 563. The second kappa shape index (κ2) is 7.44. The molecule has 0 aliphatic carbocycles. The Labute approximate surface area is 124 Å². The summed E-state index contributed by atoms with van der Waals surface area (Å²) in [6.07, 6.45) is 0. The van der Waals surface area contributed by atoms with Crippen LogP contribution in [0.2, 0.25) is 0 Å². The molecule has 0 aliphatic heterocycles. The summed E-state index contributed by atoms with van der Waals surface area (Å²) in [4.78, 5) is 0. The molecule has 0 radical (unpaired) electrons. The van der Waals surface area contributed by atoms with Crippen molar-refractivity contribution in [3.8, 4) is 6.07 Å². The minimum absolute atomic E-state index is 0.322. The molecule has 0 aromatic heterocycles. The van der Waals surface area contributed by atoms with Crippen molar-refractivity contribution in [1.82, 2.24) is 0 Å². The van der Waals surface area contributed by atoms with Gasteiger partial charge in [-0.15, -0.1) is 0 Å². The van der Waals surface area contributed by atoms with Gasteiger partial charge in [0.1, 0.15) is 0 Å². The highest BCUT2D eigenvalue weighted by atomic mass is 16.5. The minimum Gasteiger partial charge on any atom is -0.498 e. The summed E-state index contributed by atoms with van der Waals surface area (Å²) in [5, 5.41) is 13.8. The number of nitrogens with zero attached hydrogens (tertiary/aromatic N) is 1. The Kier molecular flexibility index (Phi) is 5.33. The van der Waals surface area contributed by atoms with Crippen LogP contribution < -0.4 is 0 Å². The van der Waals surface area contributed by atoms with E-state index in [2.05, 4.69) is 11.1 Å². The first-order valence-corrected chi connectivity index (χ1v) is 6.67. The Morgan fingerprint density at radius 2 is 1.48 bits per heavy atom. The first kappa shape index (κ1) is 15.0. The topological polar surface area (TPSA) is 45.9 Å². The van der Waals surface area contributed by atoms with Gasteiger partial charge >= 0.3 is 6.07 Å². The van der Waals surface area contributed by atoms with Gasteiger partial charge in [0.2, 0.25) is 0 Å². The van der Waals surface area contributed by atoms with Gasteiger partial charge in [-0.3, -0.25) is 0 Å². The van der Waals surface area contributed by atoms with Gasteiger partial charge in [0, 0.05) is 23.2 Å². The van der Waals surface area contributed by atoms with Crippen molar-refractivity contribution in [3.05, 3.63) is 82.0 Å². The van der Waals surface area contributed by atoms with Crippen LogP contribution in [0.4, 0.5) is 0 Å². The van der Waals surface area contributed by atoms with Gasteiger partial charge in [0.05, 0.1) is 13.2 Å². The third-order valence-corrected chi connectivity index (χ3v) is 3.17. The Morgan fingerprint density at radius 1 is 0.952 bits per heavy atom. The van der Waals surface area contributed by atoms with Crippen molar-refractivity contribution < 1.29 is 9.47 Å². The van der Waals surface area contributed by atoms with Crippen LogP contribution in [-0.2, 0) is 15.1 Å². The zero-order valence-electron chi connectivity index (χ0n) is 11.9. The van der Waals surface area contributed by atoms with Crippen molar-refractivity contribution in [2.24, 2.45) is 0 Å². The third-order valence-electron chi connectivity index (χ3n) is 3.17. The lowest BCUT2D eigenvalue weighted by molar-refractivity contribution is -0.00440. The van der Waals surface area contributed by atoms with Crippen LogP contribution in [0.15, 0.2) is 60.7 Å². The molecule has 0 N–H and O–H groups in total. The average Bonchev–Trinajstić information content (AvgIpc) is 2.56. The summed E-state index contributed by atoms with van der Waals surface area (Å²) >= 11 is 0. The minimum atomic E-state index is -1.12. The highest BCUT2D eigenvalue weighted by Gasteiger charge is 2.40. The number of ether oxygens (including phenoxy) is 2. The molecule has 0 heterocycles. The lowest BCUT2D eigenvalue weighted by Gasteiger charge is -2.25. The fourth-order valence-electron chi connectivity index (χ4n) is 2.18. The van der Waals surface area contributed by atoms with Crippen molar-refractivity contribution in [2.75, 3.05) is 20.3 Å². The lowest BCUT2D eigenvalue weighted by Crippen LogP contribution is -2.31.